The summed E-state index contributed by atoms with van der Waals surface area (Å²) in [6.45, 7) is 3.19. The molecule has 3 N–H and O–H groups in total. The van der Waals surface area contributed by atoms with Crippen LogP contribution in [0.5, 0.6) is 0 Å². The minimum atomic E-state index is 0.232. The van der Waals surface area contributed by atoms with Gasteiger partial charge in [0.2, 0.25) is 0 Å². The van der Waals surface area contributed by atoms with Gasteiger partial charge >= 0.3 is 0 Å². The van der Waals surface area contributed by atoms with E-state index < -0.39 is 0 Å². The fourth-order valence-corrected chi connectivity index (χ4v) is 2.18. The van der Waals surface area contributed by atoms with Gasteiger partial charge in [0.25, 0.3) is 0 Å². The van der Waals surface area contributed by atoms with Gasteiger partial charge in [0.15, 0.2) is 0 Å². The third kappa shape index (κ3) is 2.54. The van der Waals surface area contributed by atoms with Crippen LogP contribution < -0.4 is 5.73 Å². The summed E-state index contributed by atoms with van der Waals surface area (Å²) >= 11 is 0. The lowest BCUT2D eigenvalue weighted by atomic mass is 10.1. The third-order valence-corrected chi connectivity index (χ3v) is 3.29. The number of aliphatic hydroxyl groups excluding tert-OH is 1. The molecule has 1 aliphatic rings. The van der Waals surface area contributed by atoms with E-state index in [0.717, 1.165) is 12.2 Å². The lowest BCUT2D eigenvalue weighted by molar-refractivity contribution is 0.151. The summed E-state index contributed by atoms with van der Waals surface area (Å²) in [6.07, 6.45) is 2.53. The number of hydrogen-bond acceptors (Lipinski definition) is 3. The molecule has 2 rings (SSSR count). The second-order valence-corrected chi connectivity index (χ2v) is 4.54. The highest BCUT2D eigenvalue weighted by Gasteiger charge is 2.32. The molecule has 1 aliphatic carbocycles. The van der Waals surface area contributed by atoms with Crippen molar-refractivity contribution in [3.8, 4) is 0 Å². The number of hydrogen-bond donors (Lipinski definition) is 2. The number of nitrogen functional groups attached to an aromatic ring is 1. The molecule has 0 radical (unpaired) electrons. The van der Waals surface area contributed by atoms with Gasteiger partial charge in [-0.15, -0.1) is 0 Å². The van der Waals surface area contributed by atoms with Crippen LogP contribution in [0.2, 0.25) is 0 Å². The number of nitrogens with zero attached hydrogens (tertiary/aromatic N) is 1. The molecule has 3 heteroatoms. The van der Waals surface area contributed by atoms with Crippen LogP contribution in [-0.2, 0) is 0 Å². The first-order valence-corrected chi connectivity index (χ1v) is 5.94. The van der Waals surface area contributed by atoms with Crippen LogP contribution in [-0.4, -0.2) is 29.2 Å². The standard InChI is InChI=1S/C13H20N2O/c1-10(11-2-4-12(14)5-3-11)15(8-9-16)13-6-7-13/h2-5,10,13,16H,6-9,14H2,1H3. The van der Waals surface area contributed by atoms with E-state index in [9.17, 15) is 0 Å². The van der Waals surface area contributed by atoms with Gasteiger partial charge in [-0.05, 0) is 37.5 Å². The van der Waals surface area contributed by atoms with E-state index in [2.05, 4.69) is 24.0 Å². The summed E-state index contributed by atoms with van der Waals surface area (Å²) in [5, 5.41) is 9.09. The average molecular weight is 220 g/mol. The van der Waals surface area contributed by atoms with Crippen LogP contribution in [0.4, 0.5) is 5.69 Å². The molecule has 0 amide bonds. The molecular formula is C13H20N2O. The van der Waals surface area contributed by atoms with E-state index >= 15 is 0 Å². The third-order valence-electron chi connectivity index (χ3n) is 3.29. The van der Waals surface area contributed by atoms with Crippen molar-refractivity contribution in [2.45, 2.75) is 31.8 Å². The minimum Gasteiger partial charge on any atom is -0.399 e. The van der Waals surface area contributed by atoms with E-state index in [-0.39, 0.29) is 6.61 Å². The lowest BCUT2D eigenvalue weighted by Crippen LogP contribution is -2.31. The molecule has 0 saturated heterocycles. The van der Waals surface area contributed by atoms with Crippen molar-refractivity contribution in [3.63, 3.8) is 0 Å². The van der Waals surface area contributed by atoms with Crippen LogP contribution in [0.15, 0.2) is 24.3 Å². The Morgan fingerprint density at radius 2 is 2.00 bits per heavy atom. The number of aliphatic hydroxyl groups is 1. The lowest BCUT2D eigenvalue weighted by Gasteiger charge is -2.28. The molecule has 3 nitrogen and oxygen atoms in total. The molecule has 0 aromatic heterocycles. The van der Waals surface area contributed by atoms with Crippen molar-refractivity contribution in [3.05, 3.63) is 29.8 Å². The molecule has 0 heterocycles. The van der Waals surface area contributed by atoms with Crippen molar-refractivity contribution >= 4 is 5.69 Å². The predicted octanol–water partition coefficient (Wildman–Crippen LogP) is 1.79. The van der Waals surface area contributed by atoms with Gasteiger partial charge < -0.3 is 10.8 Å². The molecule has 1 aromatic rings. The monoisotopic (exact) mass is 220 g/mol. The van der Waals surface area contributed by atoms with Gasteiger partial charge in [0.1, 0.15) is 0 Å². The molecule has 88 valence electrons. The number of benzene rings is 1. The molecule has 1 fully saturated rings. The van der Waals surface area contributed by atoms with Crippen LogP contribution in [0.25, 0.3) is 0 Å². The predicted molar refractivity (Wildman–Crippen MR) is 66.1 cm³/mol. The zero-order chi connectivity index (χ0) is 11.5. The first kappa shape index (κ1) is 11.4. The molecule has 16 heavy (non-hydrogen) atoms. The van der Waals surface area contributed by atoms with Crippen molar-refractivity contribution in [1.82, 2.24) is 4.90 Å². The van der Waals surface area contributed by atoms with E-state index in [0.29, 0.717) is 12.1 Å². The summed E-state index contributed by atoms with van der Waals surface area (Å²) in [6, 6.07) is 9.06. The van der Waals surface area contributed by atoms with Crippen LogP contribution in [0.1, 0.15) is 31.4 Å². The van der Waals surface area contributed by atoms with E-state index in [1.54, 1.807) is 0 Å². The Balaban J connectivity index is 2.08. The quantitative estimate of drug-likeness (QED) is 0.744. The molecule has 1 unspecified atom stereocenters. The summed E-state index contributed by atoms with van der Waals surface area (Å²) in [5.41, 5.74) is 7.75. The smallest absolute Gasteiger partial charge is 0.0558 e. The van der Waals surface area contributed by atoms with E-state index in [4.69, 9.17) is 10.8 Å². The van der Waals surface area contributed by atoms with Crippen molar-refractivity contribution in [2.75, 3.05) is 18.9 Å². The number of rotatable bonds is 5. The highest BCUT2D eigenvalue weighted by molar-refractivity contribution is 5.40. The Labute approximate surface area is 96.9 Å². The Bertz CT molecular complexity index is 332. The van der Waals surface area contributed by atoms with E-state index in [1.807, 2.05) is 12.1 Å². The Morgan fingerprint density at radius 3 is 2.50 bits per heavy atom. The number of nitrogens with two attached hydrogens (primary N) is 1. The fraction of sp³-hybridized carbons (Fsp3) is 0.538. The first-order valence-electron chi connectivity index (χ1n) is 5.94. The molecular weight excluding hydrogens is 200 g/mol. The minimum absolute atomic E-state index is 0.232. The van der Waals surface area contributed by atoms with Gasteiger partial charge in [-0.2, -0.15) is 0 Å². The Hall–Kier alpha value is -1.06. The van der Waals surface area contributed by atoms with Gasteiger partial charge in [-0.25, -0.2) is 0 Å². The topological polar surface area (TPSA) is 49.5 Å². The zero-order valence-corrected chi connectivity index (χ0v) is 9.76. The van der Waals surface area contributed by atoms with Gasteiger partial charge in [0.05, 0.1) is 6.61 Å². The van der Waals surface area contributed by atoms with Crippen LogP contribution >= 0.6 is 0 Å². The first-order chi connectivity index (χ1) is 7.72. The molecule has 1 saturated carbocycles. The maximum atomic E-state index is 9.09. The van der Waals surface area contributed by atoms with Gasteiger partial charge in [-0.3, -0.25) is 4.90 Å². The Kier molecular flexibility index (Phi) is 3.46. The maximum Gasteiger partial charge on any atom is 0.0558 e. The summed E-state index contributed by atoms with van der Waals surface area (Å²) < 4.78 is 0. The van der Waals surface area contributed by atoms with Gasteiger partial charge in [0, 0.05) is 24.3 Å². The Morgan fingerprint density at radius 1 is 1.38 bits per heavy atom. The highest BCUT2D eigenvalue weighted by atomic mass is 16.3. The zero-order valence-electron chi connectivity index (χ0n) is 9.76. The number of anilines is 1. The molecule has 0 spiro atoms. The maximum absolute atomic E-state index is 9.09. The summed E-state index contributed by atoms with van der Waals surface area (Å²) in [4.78, 5) is 2.38. The SMILES string of the molecule is CC(c1ccc(N)cc1)N(CCO)C1CC1. The molecule has 0 bridgehead atoms. The highest BCUT2D eigenvalue weighted by Crippen LogP contribution is 2.33. The van der Waals surface area contributed by atoms with Crippen molar-refractivity contribution < 1.29 is 5.11 Å². The largest absolute Gasteiger partial charge is 0.399 e. The summed E-state index contributed by atoms with van der Waals surface area (Å²) in [5.74, 6) is 0. The fourth-order valence-electron chi connectivity index (χ4n) is 2.18. The normalized spacial score (nSPS) is 17.7. The van der Waals surface area contributed by atoms with Crippen molar-refractivity contribution in [2.24, 2.45) is 0 Å². The van der Waals surface area contributed by atoms with Gasteiger partial charge in [-0.1, -0.05) is 12.1 Å². The second kappa shape index (κ2) is 4.85. The molecule has 1 atom stereocenters. The summed E-state index contributed by atoms with van der Waals surface area (Å²) in [7, 11) is 0. The van der Waals surface area contributed by atoms with Crippen LogP contribution in [0, 0.1) is 0 Å². The molecule has 1 aromatic carbocycles. The van der Waals surface area contributed by atoms with Crippen molar-refractivity contribution in [1.29, 1.82) is 0 Å². The molecule has 0 aliphatic heterocycles. The van der Waals surface area contributed by atoms with Crippen LogP contribution in [0.3, 0.4) is 0 Å². The average Bonchev–Trinajstić information content (AvgIpc) is 3.10. The van der Waals surface area contributed by atoms with E-state index in [1.165, 1.54) is 18.4 Å². The second-order valence-electron chi connectivity index (χ2n) is 4.54.